The second kappa shape index (κ2) is 10.5. The lowest BCUT2D eigenvalue weighted by molar-refractivity contribution is -0.133. The van der Waals surface area contributed by atoms with Crippen molar-refractivity contribution in [2.75, 3.05) is 57.3 Å². The van der Waals surface area contributed by atoms with Gasteiger partial charge in [-0.3, -0.25) is 19.8 Å². The summed E-state index contributed by atoms with van der Waals surface area (Å²) in [6.07, 6.45) is 0.989. The molecule has 9 heteroatoms. The van der Waals surface area contributed by atoms with Crippen LogP contribution in [0.25, 0.3) is 0 Å². The summed E-state index contributed by atoms with van der Waals surface area (Å²) in [7, 11) is 0. The summed E-state index contributed by atoms with van der Waals surface area (Å²) in [5.41, 5.74) is 0. The second-order valence-electron chi connectivity index (χ2n) is 6.13. The molecular formula is C18H27N5O4. The first kappa shape index (κ1) is 20.6. The van der Waals surface area contributed by atoms with E-state index in [9.17, 15) is 14.4 Å². The summed E-state index contributed by atoms with van der Waals surface area (Å²) < 4.78 is 4.68. The highest BCUT2D eigenvalue weighted by Gasteiger charge is 2.24. The topological polar surface area (TPSA) is 95.1 Å². The first-order valence-corrected chi connectivity index (χ1v) is 9.16. The molecule has 1 aromatic heterocycles. The number of piperazine rings is 1. The van der Waals surface area contributed by atoms with Gasteiger partial charge in [-0.1, -0.05) is 13.0 Å². The highest BCUT2D eigenvalue weighted by Crippen LogP contribution is 2.12. The van der Waals surface area contributed by atoms with Crippen LogP contribution < -0.4 is 10.2 Å². The Labute approximate surface area is 159 Å². The van der Waals surface area contributed by atoms with Gasteiger partial charge in [0, 0.05) is 32.4 Å². The van der Waals surface area contributed by atoms with E-state index in [2.05, 4.69) is 19.9 Å². The van der Waals surface area contributed by atoms with Gasteiger partial charge in [-0.05, 0) is 25.6 Å². The van der Waals surface area contributed by atoms with E-state index in [1.165, 1.54) is 0 Å². The number of pyridine rings is 1. The number of ether oxygens (including phenoxy) is 1. The van der Waals surface area contributed by atoms with Gasteiger partial charge in [-0.2, -0.15) is 0 Å². The second-order valence-corrected chi connectivity index (χ2v) is 6.13. The van der Waals surface area contributed by atoms with Crippen molar-refractivity contribution in [3.05, 3.63) is 24.4 Å². The Kier molecular flexibility index (Phi) is 8.00. The predicted octanol–water partition coefficient (Wildman–Crippen LogP) is 0.325. The van der Waals surface area contributed by atoms with Crippen LogP contribution in [-0.2, 0) is 14.3 Å². The summed E-state index contributed by atoms with van der Waals surface area (Å²) in [6, 6.07) is 5.78. The Morgan fingerprint density at radius 3 is 2.48 bits per heavy atom. The van der Waals surface area contributed by atoms with Crippen LogP contribution in [0.15, 0.2) is 24.4 Å². The van der Waals surface area contributed by atoms with E-state index in [0.29, 0.717) is 19.6 Å². The maximum atomic E-state index is 12.5. The minimum absolute atomic E-state index is 0.0264. The molecule has 0 radical (unpaired) electrons. The minimum atomic E-state index is -0.768. The highest BCUT2D eigenvalue weighted by atomic mass is 16.5. The quantitative estimate of drug-likeness (QED) is 0.731. The number of hydrogen-bond acceptors (Lipinski definition) is 7. The molecule has 1 aliphatic rings. The molecule has 3 amide bonds. The van der Waals surface area contributed by atoms with E-state index in [1.54, 1.807) is 22.9 Å². The molecule has 1 fully saturated rings. The van der Waals surface area contributed by atoms with E-state index in [4.69, 9.17) is 0 Å². The molecule has 0 unspecified atom stereocenters. The van der Waals surface area contributed by atoms with Crippen molar-refractivity contribution in [2.45, 2.75) is 13.8 Å². The summed E-state index contributed by atoms with van der Waals surface area (Å²) in [5, 5.41) is 2.14. The molecule has 0 aromatic carbocycles. The first-order chi connectivity index (χ1) is 13.0. The molecule has 0 saturated carbocycles. The maximum Gasteiger partial charge on any atom is 0.413 e. The van der Waals surface area contributed by atoms with Crippen molar-refractivity contribution in [1.82, 2.24) is 20.1 Å². The van der Waals surface area contributed by atoms with Crippen LogP contribution in [0.1, 0.15) is 13.8 Å². The number of anilines is 1. The monoisotopic (exact) mass is 377 g/mol. The Morgan fingerprint density at radius 2 is 1.89 bits per heavy atom. The fourth-order valence-electron chi connectivity index (χ4n) is 2.82. The molecule has 1 saturated heterocycles. The Hall–Kier alpha value is -2.68. The smallest absolute Gasteiger partial charge is 0.413 e. The SMILES string of the molecule is CCOC(=O)NC(=O)CN(CC)CC(=O)N1CCN(c2ccccn2)CC1. The number of aromatic nitrogens is 1. The van der Waals surface area contributed by atoms with Gasteiger partial charge in [0.25, 0.3) is 0 Å². The number of carbonyl (C=O) groups is 3. The van der Waals surface area contributed by atoms with Crippen LogP contribution in [0.2, 0.25) is 0 Å². The number of carbonyl (C=O) groups excluding carboxylic acids is 3. The van der Waals surface area contributed by atoms with Crippen molar-refractivity contribution in [2.24, 2.45) is 0 Å². The van der Waals surface area contributed by atoms with Gasteiger partial charge in [0.2, 0.25) is 11.8 Å². The van der Waals surface area contributed by atoms with E-state index in [-0.39, 0.29) is 25.6 Å². The molecule has 27 heavy (non-hydrogen) atoms. The van der Waals surface area contributed by atoms with Crippen LogP contribution in [0, 0.1) is 0 Å². The van der Waals surface area contributed by atoms with Crippen molar-refractivity contribution >= 4 is 23.7 Å². The summed E-state index contributed by atoms with van der Waals surface area (Å²) in [6.45, 7) is 7.01. The number of rotatable bonds is 7. The van der Waals surface area contributed by atoms with E-state index >= 15 is 0 Å². The van der Waals surface area contributed by atoms with Crippen LogP contribution >= 0.6 is 0 Å². The average molecular weight is 377 g/mol. The van der Waals surface area contributed by atoms with E-state index in [1.807, 2.05) is 25.1 Å². The van der Waals surface area contributed by atoms with Crippen LogP contribution in [0.4, 0.5) is 10.6 Å². The van der Waals surface area contributed by atoms with Gasteiger partial charge >= 0.3 is 6.09 Å². The van der Waals surface area contributed by atoms with Gasteiger partial charge < -0.3 is 14.5 Å². The third kappa shape index (κ3) is 6.52. The van der Waals surface area contributed by atoms with Gasteiger partial charge in [-0.15, -0.1) is 0 Å². The number of imide groups is 1. The largest absolute Gasteiger partial charge is 0.450 e. The number of nitrogens with one attached hydrogen (secondary N) is 1. The van der Waals surface area contributed by atoms with Crippen LogP contribution in [-0.4, -0.2) is 85.1 Å². The van der Waals surface area contributed by atoms with Gasteiger partial charge in [0.05, 0.1) is 19.7 Å². The van der Waals surface area contributed by atoms with Gasteiger partial charge in [0.15, 0.2) is 0 Å². The minimum Gasteiger partial charge on any atom is -0.450 e. The molecule has 148 valence electrons. The molecule has 1 aromatic rings. The molecule has 9 nitrogen and oxygen atoms in total. The number of alkyl carbamates (subject to hydrolysis) is 1. The Bertz CT molecular complexity index is 632. The zero-order valence-corrected chi connectivity index (χ0v) is 15.9. The molecule has 0 aliphatic carbocycles. The lowest BCUT2D eigenvalue weighted by Gasteiger charge is -2.36. The fourth-order valence-corrected chi connectivity index (χ4v) is 2.82. The van der Waals surface area contributed by atoms with E-state index in [0.717, 1.165) is 18.9 Å². The first-order valence-electron chi connectivity index (χ1n) is 9.16. The lowest BCUT2D eigenvalue weighted by atomic mass is 10.3. The summed E-state index contributed by atoms with van der Waals surface area (Å²) in [5.74, 6) is 0.403. The zero-order chi connectivity index (χ0) is 19.6. The highest BCUT2D eigenvalue weighted by molar-refractivity contribution is 5.93. The van der Waals surface area contributed by atoms with Gasteiger partial charge in [0.1, 0.15) is 5.82 Å². The molecule has 0 bridgehead atoms. The molecule has 1 N–H and O–H groups in total. The number of hydrogen-bond donors (Lipinski definition) is 1. The van der Waals surface area contributed by atoms with Crippen LogP contribution in [0.5, 0.6) is 0 Å². The number of amides is 3. The normalized spacial score (nSPS) is 14.2. The summed E-state index contributed by atoms with van der Waals surface area (Å²) in [4.78, 5) is 45.7. The average Bonchev–Trinajstić information content (AvgIpc) is 2.68. The number of nitrogens with zero attached hydrogens (tertiary/aromatic N) is 4. The molecule has 1 aliphatic heterocycles. The lowest BCUT2D eigenvalue weighted by Crippen LogP contribution is -2.52. The third-order valence-corrected chi connectivity index (χ3v) is 4.30. The molecule has 0 atom stereocenters. The molecular weight excluding hydrogens is 350 g/mol. The third-order valence-electron chi connectivity index (χ3n) is 4.30. The molecule has 2 rings (SSSR count). The molecule has 0 spiro atoms. The van der Waals surface area contributed by atoms with Crippen molar-refractivity contribution in [1.29, 1.82) is 0 Å². The van der Waals surface area contributed by atoms with Gasteiger partial charge in [-0.25, -0.2) is 9.78 Å². The summed E-state index contributed by atoms with van der Waals surface area (Å²) >= 11 is 0. The molecule has 2 heterocycles. The standard InChI is InChI=1S/C18H27N5O4/c1-3-21(13-16(24)20-18(26)27-4-2)14-17(25)23-11-9-22(10-12-23)15-7-5-6-8-19-15/h5-8H,3-4,9-14H2,1-2H3,(H,20,24,26). The fraction of sp³-hybridized carbons (Fsp3) is 0.556. The Morgan fingerprint density at radius 1 is 1.15 bits per heavy atom. The van der Waals surface area contributed by atoms with Crippen molar-refractivity contribution in [3.63, 3.8) is 0 Å². The maximum absolute atomic E-state index is 12.5. The van der Waals surface area contributed by atoms with E-state index < -0.39 is 12.0 Å². The van der Waals surface area contributed by atoms with Crippen molar-refractivity contribution < 1.29 is 19.1 Å². The van der Waals surface area contributed by atoms with Crippen molar-refractivity contribution in [3.8, 4) is 0 Å². The zero-order valence-electron chi connectivity index (χ0n) is 15.9. The number of likely N-dealkylation sites (N-methyl/N-ethyl adjacent to an activating group) is 1. The van der Waals surface area contributed by atoms with Crippen LogP contribution in [0.3, 0.4) is 0 Å². The Balaban J connectivity index is 1.78. The predicted molar refractivity (Wildman–Crippen MR) is 100 cm³/mol.